The fourth-order valence-electron chi connectivity index (χ4n) is 1.35. The van der Waals surface area contributed by atoms with Gasteiger partial charge in [0.15, 0.2) is 0 Å². The maximum atomic E-state index is 3.29. The van der Waals surface area contributed by atoms with Gasteiger partial charge in [0, 0.05) is 25.7 Å². The van der Waals surface area contributed by atoms with E-state index in [1.54, 1.807) is 0 Å². The summed E-state index contributed by atoms with van der Waals surface area (Å²) in [5, 5.41) is 3.29. The Morgan fingerprint density at radius 2 is 2.18 bits per heavy atom. The molecule has 1 fully saturated rings. The zero-order valence-corrected chi connectivity index (χ0v) is 7.93. The van der Waals surface area contributed by atoms with Gasteiger partial charge in [0.25, 0.3) is 0 Å². The monoisotopic (exact) mass is 156 g/mol. The highest BCUT2D eigenvalue weighted by Crippen LogP contribution is 2.07. The van der Waals surface area contributed by atoms with Crippen LogP contribution in [-0.4, -0.2) is 37.6 Å². The maximum absolute atomic E-state index is 3.29. The summed E-state index contributed by atoms with van der Waals surface area (Å²) >= 11 is 0. The molecule has 0 aromatic rings. The van der Waals surface area contributed by atoms with Crippen molar-refractivity contribution in [2.75, 3.05) is 26.7 Å². The van der Waals surface area contributed by atoms with Gasteiger partial charge < -0.3 is 10.2 Å². The zero-order valence-electron chi connectivity index (χ0n) is 7.93. The first-order valence-electron chi connectivity index (χ1n) is 4.65. The Balaban J connectivity index is 2.13. The summed E-state index contributed by atoms with van der Waals surface area (Å²) < 4.78 is 0. The quantitative estimate of drug-likeness (QED) is 0.651. The van der Waals surface area contributed by atoms with Crippen molar-refractivity contribution in [2.24, 2.45) is 5.92 Å². The minimum atomic E-state index is 0.809. The molecule has 0 spiro atoms. The van der Waals surface area contributed by atoms with E-state index < -0.39 is 0 Å². The van der Waals surface area contributed by atoms with Gasteiger partial charge in [-0.3, -0.25) is 0 Å². The van der Waals surface area contributed by atoms with Crippen molar-refractivity contribution in [3.8, 4) is 0 Å². The zero-order chi connectivity index (χ0) is 8.27. The van der Waals surface area contributed by atoms with Crippen LogP contribution in [0.5, 0.6) is 0 Å². The van der Waals surface area contributed by atoms with Crippen LogP contribution in [-0.2, 0) is 0 Å². The number of nitrogens with one attached hydrogen (secondary N) is 1. The average molecular weight is 156 g/mol. The summed E-state index contributed by atoms with van der Waals surface area (Å²) in [4.78, 5) is 2.48. The molecule has 1 heterocycles. The van der Waals surface area contributed by atoms with E-state index in [4.69, 9.17) is 0 Å². The van der Waals surface area contributed by atoms with Crippen LogP contribution >= 0.6 is 0 Å². The molecule has 1 atom stereocenters. The molecule has 0 saturated carbocycles. The number of hydrogen-bond acceptors (Lipinski definition) is 2. The topological polar surface area (TPSA) is 15.3 Å². The molecule has 2 heteroatoms. The number of nitrogens with zero attached hydrogens (tertiary/aromatic N) is 1. The van der Waals surface area contributed by atoms with Crippen molar-refractivity contribution in [1.29, 1.82) is 0 Å². The first-order valence-corrected chi connectivity index (χ1v) is 4.65. The van der Waals surface area contributed by atoms with Gasteiger partial charge in [-0.2, -0.15) is 0 Å². The van der Waals surface area contributed by atoms with Gasteiger partial charge in [0.1, 0.15) is 0 Å². The van der Waals surface area contributed by atoms with Gasteiger partial charge in [-0.15, -0.1) is 0 Å². The predicted octanol–water partition coefficient (Wildman–Crippen LogP) is 0.936. The summed E-state index contributed by atoms with van der Waals surface area (Å²) in [6.45, 7) is 8.21. The predicted molar refractivity (Wildman–Crippen MR) is 48.7 cm³/mol. The van der Waals surface area contributed by atoms with Crippen LogP contribution < -0.4 is 5.32 Å². The summed E-state index contributed by atoms with van der Waals surface area (Å²) in [6, 6.07) is 0.809. The minimum absolute atomic E-state index is 0.809. The molecule has 66 valence electrons. The van der Waals surface area contributed by atoms with E-state index in [0.717, 1.165) is 12.0 Å². The summed E-state index contributed by atoms with van der Waals surface area (Å²) in [5.41, 5.74) is 0. The molecule has 1 saturated heterocycles. The van der Waals surface area contributed by atoms with Crippen LogP contribution in [0.3, 0.4) is 0 Å². The second-order valence-electron chi connectivity index (χ2n) is 3.77. The maximum Gasteiger partial charge on any atom is 0.0342 e. The van der Waals surface area contributed by atoms with E-state index in [2.05, 4.69) is 31.1 Å². The third kappa shape index (κ3) is 2.46. The molecule has 0 aromatic carbocycles. The van der Waals surface area contributed by atoms with Gasteiger partial charge in [-0.25, -0.2) is 0 Å². The van der Waals surface area contributed by atoms with Gasteiger partial charge >= 0.3 is 0 Å². The normalized spacial score (nSPS) is 21.8. The van der Waals surface area contributed by atoms with Crippen LogP contribution in [0.1, 0.15) is 20.3 Å². The van der Waals surface area contributed by atoms with Gasteiger partial charge in [-0.1, -0.05) is 20.3 Å². The van der Waals surface area contributed by atoms with Gasteiger partial charge in [0.05, 0.1) is 0 Å². The molecule has 11 heavy (non-hydrogen) atoms. The molecule has 0 radical (unpaired) electrons. The van der Waals surface area contributed by atoms with E-state index in [-0.39, 0.29) is 0 Å². The number of likely N-dealkylation sites (N-methyl/N-ethyl adjacent to an activating group) is 1. The van der Waals surface area contributed by atoms with E-state index in [1.165, 1.54) is 26.1 Å². The largest absolute Gasteiger partial charge is 0.314 e. The molecule has 0 bridgehead atoms. The van der Waals surface area contributed by atoms with Crippen molar-refractivity contribution in [2.45, 2.75) is 26.3 Å². The molecule has 1 unspecified atom stereocenters. The highest BCUT2D eigenvalue weighted by molar-refractivity contribution is 4.83. The Hall–Kier alpha value is -0.0800. The van der Waals surface area contributed by atoms with Gasteiger partial charge in [-0.05, 0) is 13.0 Å². The third-order valence-electron chi connectivity index (χ3n) is 2.68. The Morgan fingerprint density at radius 1 is 1.55 bits per heavy atom. The SMILES string of the molecule is CCC(C)CN(C)C1CNC1. The van der Waals surface area contributed by atoms with E-state index in [9.17, 15) is 0 Å². The molecule has 1 aliphatic rings. The van der Waals surface area contributed by atoms with Crippen LogP contribution in [0.2, 0.25) is 0 Å². The fourth-order valence-corrected chi connectivity index (χ4v) is 1.35. The average Bonchev–Trinajstić information content (AvgIpc) is 1.83. The minimum Gasteiger partial charge on any atom is -0.314 e. The van der Waals surface area contributed by atoms with Crippen LogP contribution in [0, 0.1) is 5.92 Å². The highest BCUT2D eigenvalue weighted by Gasteiger charge is 2.21. The third-order valence-corrected chi connectivity index (χ3v) is 2.68. The lowest BCUT2D eigenvalue weighted by Gasteiger charge is -2.36. The van der Waals surface area contributed by atoms with E-state index >= 15 is 0 Å². The second-order valence-corrected chi connectivity index (χ2v) is 3.77. The smallest absolute Gasteiger partial charge is 0.0342 e. The van der Waals surface area contributed by atoms with Crippen LogP contribution in [0.4, 0.5) is 0 Å². The highest BCUT2D eigenvalue weighted by atomic mass is 15.2. The molecule has 0 aliphatic carbocycles. The lowest BCUT2D eigenvalue weighted by molar-refractivity contribution is 0.158. The lowest BCUT2D eigenvalue weighted by atomic mass is 10.1. The Kier molecular flexibility index (Phi) is 3.34. The standard InChI is InChI=1S/C9H20N2/c1-4-8(2)7-11(3)9-5-10-6-9/h8-10H,4-7H2,1-3H3. The lowest BCUT2D eigenvalue weighted by Crippen LogP contribution is -2.56. The van der Waals surface area contributed by atoms with Crippen molar-refractivity contribution in [3.63, 3.8) is 0 Å². The van der Waals surface area contributed by atoms with Crippen molar-refractivity contribution >= 4 is 0 Å². The van der Waals surface area contributed by atoms with Crippen molar-refractivity contribution in [1.82, 2.24) is 10.2 Å². The van der Waals surface area contributed by atoms with Crippen LogP contribution in [0.15, 0.2) is 0 Å². The second kappa shape index (κ2) is 4.07. The Labute approximate surface area is 70.0 Å². The molecular weight excluding hydrogens is 136 g/mol. The fraction of sp³-hybridized carbons (Fsp3) is 1.00. The van der Waals surface area contributed by atoms with Crippen molar-refractivity contribution in [3.05, 3.63) is 0 Å². The molecule has 0 amide bonds. The van der Waals surface area contributed by atoms with Crippen LogP contribution in [0.25, 0.3) is 0 Å². The first-order chi connectivity index (χ1) is 5.24. The molecule has 0 aromatic heterocycles. The Morgan fingerprint density at radius 3 is 2.55 bits per heavy atom. The first kappa shape index (κ1) is 9.01. The molecule has 1 aliphatic heterocycles. The van der Waals surface area contributed by atoms with Gasteiger partial charge in [0.2, 0.25) is 0 Å². The summed E-state index contributed by atoms with van der Waals surface area (Å²) in [5.74, 6) is 0.848. The number of hydrogen-bond donors (Lipinski definition) is 1. The molecule has 1 rings (SSSR count). The Bertz CT molecular complexity index is 110. The van der Waals surface area contributed by atoms with E-state index in [0.29, 0.717) is 0 Å². The van der Waals surface area contributed by atoms with E-state index in [1.807, 2.05) is 0 Å². The summed E-state index contributed by atoms with van der Waals surface area (Å²) in [7, 11) is 2.23. The molecule has 1 N–H and O–H groups in total. The number of rotatable bonds is 4. The summed E-state index contributed by atoms with van der Waals surface area (Å²) in [6.07, 6.45) is 1.30. The molecular formula is C9H20N2. The molecule has 2 nitrogen and oxygen atoms in total. The van der Waals surface area contributed by atoms with Crippen molar-refractivity contribution < 1.29 is 0 Å².